The van der Waals surface area contributed by atoms with Crippen LogP contribution in [0, 0.1) is 20.8 Å². The smallest absolute Gasteiger partial charge is 0.333 e. The quantitative estimate of drug-likeness (QED) is 0.804. The SMILES string of the molecule is Cc1ccc([C@H]2CSCCN2C(=O)Cc2c(C)nn(C(F)F)c2C)cc1. The molecule has 1 aliphatic rings. The minimum atomic E-state index is -2.69. The molecule has 3 rings (SSSR count). The molecular formula is C19H23F2N3OS. The lowest BCUT2D eigenvalue weighted by Crippen LogP contribution is -2.41. The predicted molar refractivity (Wildman–Crippen MR) is 99.6 cm³/mol. The van der Waals surface area contributed by atoms with Gasteiger partial charge in [-0.1, -0.05) is 29.8 Å². The zero-order valence-corrected chi connectivity index (χ0v) is 16.0. The number of hydrogen-bond acceptors (Lipinski definition) is 3. The summed E-state index contributed by atoms with van der Waals surface area (Å²) in [6.07, 6.45) is 0.109. The van der Waals surface area contributed by atoms with E-state index in [-0.39, 0.29) is 18.4 Å². The molecule has 0 unspecified atom stereocenters. The van der Waals surface area contributed by atoms with Crippen molar-refractivity contribution in [3.05, 3.63) is 52.3 Å². The lowest BCUT2D eigenvalue weighted by atomic mass is 10.0. The molecule has 2 heterocycles. The van der Waals surface area contributed by atoms with E-state index in [1.54, 1.807) is 13.8 Å². The van der Waals surface area contributed by atoms with Crippen molar-refractivity contribution in [2.45, 2.75) is 39.8 Å². The van der Waals surface area contributed by atoms with Gasteiger partial charge in [0, 0.05) is 29.3 Å². The lowest BCUT2D eigenvalue weighted by Gasteiger charge is -2.36. The van der Waals surface area contributed by atoms with Gasteiger partial charge in [0.2, 0.25) is 5.91 Å². The fourth-order valence-corrected chi connectivity index (χ4v) is 4.45. The second kappa shape index (κ2) is 7.78. The molecule has 1 atom stereocenters. The minimum Gasteiger partial charge on any atom is -0.334 e. The van der Waals surface area contributed by atoms with E-state index in [1.165, 1.54) is 5.56 Å². The number of thioether (sulfide) groups is 1. The van der Waals surface area contributed by atoms with Crippen LogP contribution in [-0.4, -0.2) is 38.6 Å². The van der Waals surface area contributed by atoms with Crippen LogP contribution in [0.5, 0.6) is 0 Å². The predicted octanol–water partition coefficient (Wildman–Crippen LogP) is 4.06. The first-order valence-electron chi connectivity index (χ1n) is 8.65. The second-order valence-electron chi connectivity index (χ2n) is 6.64. The van der Waals surface area contributed by atoms with Gasteiger partial charge < -0.3 is 4.90 Å². The molecule has 0 spiro atoms. The zero-order valence-electron chi connectivity index (χ0n) is 15.2. The van der Waals surface area contributed by atoms with Gasteiger partial charge in [0.05, 0.1) is 18.2 Å². The fraction of sp³-hybridized carbons (Fsp3) is 0.474. The average Bonchev–Trinajstić information content (AvgIpc) is 2.91. The van der Waals surface area contributed by atoms with Gasteiger partial charge in [-0.2, -0.15) is 25.6 Å². The monoisotopic (exact) mass is 379 g/mol. The number of amides is 1. The molecule has 1 aromatic carbocycles. The van der Waals surface area contributed by atoms with Crippen molar-refractivity contribution in [3.63, 3.8) is 0 Å². The Bertz CT molecular complexity index is 789. The van der Waals surface area contributed by atoms with E-state index >= 15 is 0 Å². The van der Waals surface area contributed by atoms with Crippen molar-refractivity contribution in [1.29, 1.82) is 0 Å². The zero-order chi connectivity index (χ0) is 18.8. The maximum atomic E-state index is 13.0. The third-order valence-electron chi connectivity index (χ3n) is 4.90. The van der Waals surface area contributed by atoms with Crippen LogP contribution in [0.1, 0.15) is 40.7 Å². The van der Waals surface area contributed by atoms with Crippen LogP contribution < -0.4 is 0 Å². The van der Waals surface area contributed by atoms with Gasteiger partial charge >= 0.3 is 6.55 Å². The van der Waals surface area contributed by atoms with Crippen molar-refractivity contribution in [2.75, 3.05) is 18.1 Å². The summed E-state index contributed by atoms with van der Waals surface area (Å²) in [5.74, 6) is 1.71. The Morgan fingerprint density at radius 1 is 1.27 bits per heavy atom. The van der Waals surface area contributed by atoms with Gasteiger partial charge in [0.1, 0.15) is 0 Å². The van der Waals surface area contributed by atoms with E-state index in [9.17, 15) is 13.6 Å². The molecule has 0 bridgehead atoms. The van der Waals surface area contributed by atoms with Gasteiger partial charge in [-0.25, -0.2) is 4.68 Å². The normalized spacial score (nSPS) is 17.8. The number of hydrogen-bond donors (Lipinski definition) is 0. The number of carbonyl (C=O) groups excluding carboxylic acids is 1. The van der Waals surface area contributed by atoms with E-state index in [2.05, 4.69) is 29.4 Å². The lowest BCUT2D eigenvalue weighted by molar-refractivity contribution is -0.132. The van der Waals surface area contributed by atoms with Gasteiger partial charge in [-0.15, -0.1) is 0 Å². The minimum absolute atomic E-state index is 0.0209. The molecular weight excluding hydrogens is 356 g/mol. The molecule has 1 saturated heterocycles. The summed E-state index contributed by atoms with van der Waals surface area (Å²) in [7, 11) is 0. The van der Waals surface area contributed by atoms with Crippen molar-refractivity contribution in [2.24, 2.45) is 0 Å². The summed E-state index contributed by atoms with van der Waals surface area (Å²) in [4.78, 5) is 14.9. The van der Waals surface area contributed by atoms with Gasteiger partial charge in [0.25, 0.3) is 0 Å². The van der Waals surface area contributed by atoms with Crippen LogP contribution >= 0.6 is 11.8 Å². The fourth-order valence-electron chi connectivity index (χ4n) is 3.36. The van der Waals surface area contributed by atoms with E-state index < -0.39 is 6.55 Å². The Morgan fingerprint density at radius 3 is 2.58 bits per heavy atom. The molecule has 0 saturated carbocycles. The summed E-state index contributed by atoms with van der Waals surface area (Å²) in [6.45, 7) is 3.29. The highest BCUT2D eigenvalue weighted by molar-refractivity contribution is 7.99. The van der Waals surface area contributed by atoms with Gasteiger partial charge in [-0.05, 0) is 26.3 Å². The van der Waals surface area contributed by atoms with Crippen molar-refractivity contribution in [1.82, 2.24) is 14.7 Å². The largest absolute Gasteiger partial charge is 0.334 e. The molecule has 1 aliphatic heterocycles. The Labute approximate surface area is 156 Å². The summed E-state index contributed by atoms with van der Waals surface area (Å²) >= 11 is 1.83. The first-order chi connectivity index (χ1) is 12.4. The van der Waals surface area contributed by atoms with E-state index in [4.69, 9.17) is 0 Å². The summed E-state index contributed by atoms with van der Waals surface area (Å²) in [5.41, 5.74) is 3.77. The highest BCUT2D eigenvalue weighted by Gasteiger charge is 2.29. The highest BCUT2D eigenvalue weighted by Crippen LogP contribution is 2.31. The number of halogens is 2. The Balaban J connectivity index is 1.82. The van der Waals surface area contributed by atoms with Crippen molar-refractivity contribution < 1.29 is 13.6 Å². The first kappa shape index (κ1) is 18.9. The molecule has 2 aromatic rings. The Hall–Kier alpha value is -1.89. The average molecular weight is 379 g/mol. The number of benzene rings is 1. The Morgan fingerprint density at radius 2 is 1.96 bits per heavy atom. The maximum absolute atomic E-state index is 13.0. The molecule has 26 heavy (non-hydrogen) atoms. The molecule has 0 aliphatic carbocycles. The van der Waals surface area contributed by atoms with Crippen molar-refractivity contribution in [3.8, 4) is 0 Å². The van der Waals surface area contributed by atoms with Crippen molar-refractivity contribution >= 4 is 17.7 Å². The number of aromatic nitrogens is 2. The number of rotatable bonds is 4. The molecule has 0 radical (unpaired) electrons. The molecule has 4 nitrogen and oxygen atoms in total. The molecule has 140 valence electrons. The molecule has 1 amide bonds. The first-order valence-corrected chi connectivity index (χ1v) is 9.80. The molecule has 7 heteroatoms. The number of carbonyl (C=O) groups is 1. The molecule has 1 fully saturated rings. The van der Waals surface area contributed by atoms with Crippen LogP contribution in [0.2, 0.25) is 0 Å². The number of alkyl halides is 2. The Kier molecular flexibility index (Phi) is 5.65. The summed E-state index contributed by atoms with van der Waals surface area (Å²) in [5, 5.41) is 3.89. The van der Waals surface area contributed by atoms with Crippen LogP contribution in [0.15, 0.2) is 24.3 Å². The third-order valence-corrected chi connectivity index (χ3v) is 5.92. The standard InChI is InChI=1S/C19H23F2N3OS/c1-12-4-6-15(7-5-12)17-11-26-9-8-23(17)18(25)10-16-13(2)22-24(14(16)3)19(20)21/h4-7,17,19H,8-11H2,1-3H3/t17-/m1/s1. The maximum Gasteiger partial charge on any atom is 0.333 e. The summed E-state index contributed by atoms with van der Waals surface area (Å²) in [6, 6.07) is 8.26. The number of nitrogens with zero attached hydrogens (tertiary/aromatic N) is 3. The number of aryl methyl sites for hydroxylation is 2. The second-order valence-corrected chi connectivity index (χ2v) is 7.79. The topological polar surface area (TPSA) is 38.1 Å². The highest BCUT2D eigenvalue weighted by atomic mass is 32.2. The van der Waals surface area contributed by atoms with Gasteiger partial charge in [-0.3, -0.25) is 4.79 Å². The van der Waals surface area contributed by atoms with Crippen LogP contribution in [0.25, 0.3) is 0 Å². The van der Waals surface area contributed by atoms with E-state index in [0.717, 1.165) is 17.1 Å². The third kappa shape index (κ3) is 3.77. The van der Waals surface area contributed by atoms with Gasteiger partial charge in [0.15, 0.2) is 0 Å². The molecule has 1 aromatic heterocycles. The van der Waals surface area contributed by atoms with E-state index in [0.29, 0.717) is 28.2 Å². The van der Waals surface area contributed by atoms with E-state index in [1.807, 2.05) is 23.6 Å². The molecule has 0 N–H and O–H groups in total. The summed E-state index contributed by atoms with van der Waals surface area (Å²) < 4.78 is 26.8. The van der Waals surface area contributed by atoms with Crippen LogP contribution in [-0.2, 0) is 11.2 Å². The van der Waals surface area contributed by atoms with Crippen LogP contribution in [0.3, 0.4) is 0 Å². The van der Waals surface area contributed by atoms with Crippen LogP contribution in [0.4, 0.5) is 8.78 Å².